The highest BCUT2D eigenvalue weighted by atomic mass is 32.2. The molecule has 0 radical (unpaired) electrons. The monoisotopic (exact) mass is 382 g/mol. The second-order valence-corrected chi connectivity index (χ2v) is 10.2. The van der Waals surface area contributed by atoms with Gasteiger partial charge in [-0.2, -0.15) is 0 Å². The van der Waals surface area contributed by atoms with E-state index in [-0.39, 0.29) is 23.5 Å². The minimum Gasteiger partial charge on any atom is -0.334 e. The molecule has 25 heavy (non-hydrogen) atoms. The molecule has 1 amide bonds. The fourth-order valence-corrected chi connectivity index (χ4v) is 5.50. The van der Waals surface area contributed by atoms with Crippen molar-refractivity contribution in [2.75, 3.05) is 31.4 Å². The van der Waals surface area contributed by atoms with Crippen LogP contribution in [0.5, 0.6) is 0 Å². The molecule has 138 valence electrons. The first-order chi connectivity index (χ1) is 11.9. The molecule has 2 fully saturated rings. The van der Waals surface area contributed by atoms with Gasteiger partial charge in [-0.15, -0.1) is 11.8 Å². The van der Waals surface area contributed by atoms with Gasteiger partial charge in [0.15, 0.2) is 9.84 Å². The topological polar surface area (TPSA) is 57.7 Å². The SMILES string of the molecule is CSc1ccc(CN(C(=O)CN(C)C2CCS(=O)(=O)C2)C2CC2)cc1. The summed E-state index contributed by atoms with van der Waals surface area (Å²) in [7, 11) is -1.06. The summed E-state index contributed by atoms with van der Waals surface area (Å²) in [5.74, 6) is 0.518. The number of carbonyl (C=O) groups excluding carboxylic acids is 1. The molecular weight excluding hydrogens is 356 g/mol. The second kappa shape index (κ2) is 7.68. The maximum Gasteiger partial charge on any atom is 0.237 e. The number of carbonyl (C=O) groups is 1. The Morgan fingerprint density at radius 1 is 1.16 bits per heavy atom. The van der Waals surface area contributed by atoms with Gasteiger partial charge in [0.05, 0.1) is 18.1 Å². The van der Waals surface area contributed by atoms with E-state index in [1.54, 1.807) is 11.8 Å². The van der Waals surface area contributed by atoms with Gasteiger partial charge in [0.25, 0.3) is 0 Å². The number of sulfone groups is 1. The summed E-state index contributed by atoms with van der Waals surface area (Å²) in [5, 5.41) is 0. The van der Waals surface area contributed by atoms with Crippen LogP contribution in [0.15, 0.2) is 29.2 Å². The summed E-state index contributed by atoms with van der Waals surface area (Å²) < 4.78 is 23.3. The Balaban J connectivity index is 1.61. The average molecular weight is 383 g/mol. The van der Waals surface area contributed by atoms with E-state index in [1.807, 2.05) is 23.1 Å². The zero-order chi connectivity index (χ0) is 18.0. The van der Waals surface area contributed by atoms with Crippen LogP contribution in [-0.4, -0.2) is 67.6 Å². The van der Waals surface area contributed by atoms with Gasteiger partial charge in [0.1, 0.15) is 0 Å². The normalized spacial score (nSPS) is 22.3. The van der Waals surface area contributed by atoms with Gasteiger partial charge in [0, 0.05) is 23.5 Å². The van der Waals surface area contributed by atoms with Gasteiger partial charge < -0.3 is 4.90 Å². The molecule has 1 aliphatic heterocycles. The summed E-state index contributed by atoms with van der Waals surface area (Å²) in [5.41, 5.74) is 1.14. The van der Waals surface area contributed by atoms with Gasteiger partial charge in [-0.05, 0) is 50.3 Å². The lowest BCUT2D eigenvalue weighted by Gasteiger charge is -2.28. The van der Waals surface area contributed by atoms with Crippen LogP contribution in [0.4, 0.5) is 0 Å². The van der Waals surface area contributed by atoms with E-state index in [0.717, 1.165) is 18.4 Å². The Morgan fingerprint density at radius 3 is 2.36 bits per heavy atom. The lowest BCUT2D eigenvalue weighted by molar-refractivity contribution is -0.133. The van der Waals surface area contributed by atoms with Crippen LogP contribution in [-0.2, 0) is 21.2 Å². The number of rotatable bonds is 7. The lowest BCUT2D eigenvalue weighted by atomic mass is 10.2. The third-order valence-corrected chi connectivity index (χ3v) is 7.53. The van der Waals surface area contributed by atoms with Crippen LogP contribution in [0.25, 0.3) is 0 Å². The fraction of sp³-hybridized carbons (Fsp3) is 0.611. The van der Waals surface area contributed by atoms with Crippen molar-refractivity contribution < 1.29 is 13.2 Å². The molecule has 0 bridgehead atoms. The van der Waals surface area contributed by atoms with E-state index in [2.05, 4.69) is 24.3 Å². The summed E-state index contributed by atoms with van der Waals surface area (Å²) in [4.78, 5) is 17.9. The maximum absolute atomic E-state index is 12.8. The molecule has 1 aliphatic carbocycles. The molecule has 1 unspecified atom stereocenters. The molecule has 1 atom stereocenters. The van der Waals surface area contributed by atoms with Gasteiger partial charge >= 0.3 is 0 Å². The van der Waals surface area contributed by atoms with E-state index < -0.39 is 9.84 Å². The van der Waals surface area contributed by atoms with E-state index in [0.29, 0.717) is 25.6 Å². The molecular formula is C18H26N2O3S2. The molecule has 1 aromatic rings. The van der Waals surface area contributed by atoms with Crippen LogP contribution in [0, 0.1) is 0 Å². The minimum atomic E-state index is -2.92. The van der Waals surface area contributed by atoms with Crippen molar-refractivity contribution >= 4 is 27.5 Å². The van der Waals surface area contributed by atoms with Gasteiger partial charge in [-0.25, -0.2) is 8.42 Å². The zero-order valence-electron chi connectivity index (χ0n) is 14.8. The van der Waals surface area contributed by atoms with Crippen molar-refractivity contribution in [3.8, 4) is 0 Å². The van der Waals surface area contributed by atoms with Crippen molar-refractivity contribution in [1.29, 1.82) is 0 Å². The Bertz CT molecular complexity index is 714. The van der Waals surface area contributed by atoms with Gasteiger partial charge in [0.2, 0.25) is 5.91 Å². The molecule has 0 N–H and O–H groups in total. The quantitative estimate of drug-likeness (QED) is 0.675. The smallest absolute Gasteiger partial charge is 0.237 e. The maximum atomic E-state index is 12.8. The predicted molar refractivity (Wildman–Crippen MR) is 101 cm³/mol. The summed E-state index contributed by atoms with van der Waals surface area (Å²) in [6.07, 6.45) is 4.81. The first-order valence-corrected chi connectivity index (χ1v) is 11.8. The lowest BCUT2D eigenvalue weighted by Crippen LogP contribution is -2.43. The number of nitrogens with zero attached hydrogens (tertiary/aromatic N) is 2. The van der Waals surface area contributed by atoms with E-state index in [9.17, 15) is 13.2 Å². The highest BCUT2D eigenvalue weighted by Gasteiger charge is 2.35. The first kappa shape index (κ1) is 18.7. The third kappa shape index (κ3) is 4.99. The third-order valence-electron chi connectivity index (χ3n) is 5.04. The number of hydrogen-bond acceptors (Lipinski definition) is 5. The number of benzene rings is 1. The van der Waals surface area contributed by atoms with Crippen molar-refractivity contribution in [1.82, 2.24) is 9.80 Å². The van der Waals surface area contributed by atoms with E-state index >= 15 is 0 Å². The molecule has 0 spiro atoms. The van der Waals surface area contributed by atoms with Crippen LogP contribution >= 0.6 is 11.8 Å². The molecule has 7 heteroatoms. The Morgan fingerprint density at radius 2 is 1.84 bits per heavy atom. The summed E-state index contributed by atoms with van der Waals surface area (Å²) in [6, 6.07) is 8.66. The minimum absolute atomic E-state index is 0.0316. The first-order valence-electron chi connectivity index (χ1n) is 8.71. The van der Waals surface area contributed by atoms with Crippen LogP contribution in [0.3, 0.4) is 0 Å². The molecule has 1 saturated heterocycles. The number of amides is 1. The largest absolute Gasteiger partial charge is 0.334 e. The zero-order valence-corrected chi connectivity index (χ0v) is 16.5. The van der Waals surface area contributed by atoms with E-state index in [1.165, 1.54) is 4.90 Å². The average Bonchev–Trinajstić information content (AvgIpc) is 3.35. The molecule has 5 nitrogen and oxygen atoms in total. The molecule has 2 aliphatic rings. The number of thioether (sulfide) groups is 1. The number of likely N-dealkylation sites (N-methyl/N-ethyl adjacent to an activating group) is 1. The van der Waals surface area contributed by atoms with Crippen molar-refractivity contribution in [2.24, 2.45) is 0 Å². The van der Waals surface area contributed by atoms with Crippen LogP contribution in [0.2, 0.25) is 0 Å². The highest BCUT2D eigenvalue weighted by molar-refractivity contribution is 7.98. The summed E-state index contributed by atoms with van der Waals surface area (Å²) >= 11 is 1.71. The molecule has 0 aromatic heterocycles. The highest BCUT2D eigenvalue weighted by Crippen LogP contribution is 2.29. The van der Waals surface area contributed by atoms with Crippen molar-refractivity contribution in [3.63, 3.8) is 0 Å². The predicted octanol–water partition coefficient (Wildman–Crippen LogP) is 2.02. The van der Waals surface area contributed by atoms with Crippen molar-refractivity contribution in [3.05, 3.63) is 29.8 Å². The van der Waals surface area contributed by atoms with Crippen LogP contribution in [0.1, 0.15) is 24.8 Å². The molecule has 3 rings (SSSR count). The van der Waals surface area contributed by atoms with Gasteiger partial charge in [-0.3, -0.25) is 9.69 Å². The van der Waals surface area contributed by atoms with Crippen LogP contribution < -0.4 is 0 Å². The molecule has 1 saturated carbocycles. The number of hydrogen-bond donors (Lipinski definition) is 0. The molecule has 1 aromatic carbocycles. The Labute approximate surface area is 154 Å². The Kier molecular flexibility index (Phi) is 5.75. The van der Waals surface area contributed by atoms with Gasteiger partial charge in [-0.1, -0.05) is 12.1 Å². The summed E-state index contributed by atoms with van der Waals surface area (Å²) in [6.45, 7) is 0.925. The fourth-order valence-electron chi connectivity index (χ4n) is 3.29. The van der Waals surface area contributed by atoms with Crippen molar-refractivity contribution in [2.45, 2.75) is 42.8 Å². The Hall–Kier alpha value is -1.05. The second-order valence-electron chi connectivity index (χ2n) is 7.07. The standard InChI is InChI=1S/C18H26N2O3S2/c1-19(16-9-10-25(22,23)13-16)12-18(21)20(15-5-6-15)11-14-3-7-17(24-2)8-4-14/h3-4,7-8,15-16H,5-6,9-13H2,1-2H3. The van der Waals surface area contributed by atoms with E-state index in [4.69, 9.17) is 0 Å². The molecule has 1 heterocycles.